The average Bonchev–Trinajstić information content (AvgIpc) is 2.84. The van der Waals surface area contributed by atoms with Crippen LogP contribution < -0.4 is 9.62 Å². The van der Waals surface area contributed by atoms with Gasteiger partial charge in [-0.2, -0.15) is 0 Å². The lowest BCUT2D eigenvalue weighted by molar-refractivity contribution is -0.116. The van der Waals surface area contributed by atoms with Gasteiger partial charge in [0, 0.05) is 17.1 Å². The molecule has 1 heterocycles. The van der Waals surface area contributed by atoms with E-state index in [1.165, 1.54) is 18.2 Å². The lowest BCUT2D eigenvalue weighted by atomic mass is 10.1. The number of benzene rings is 2. The highest BCUT2D eigenvalue weighted by molar-refractivity contribution is 7.94. The fraction of sp³-hybridized carbons (Fsp3) is 0.176. The summed E-state index contributed by atoms with van der Waals surface area (Å²) in [5.41, 5.74) is 1.46. The number of carbonyl (C=O) groups is 2. The molecule has 0 radical (unpaired) electrons. The van der Waals surface area contributed by atoms with E-state index in [-0.39, 0.29) is 28.4 Å². The molecule has 0 atom stereocenters. The van der Waals surface area contributed by atoms with E-state index in [9.17, 15) is 18.0 Å². The van der Waals surface area contributed by atoms with Crippen LogP contribution in [-0.4, -0.2) is 26.0 Å². The summed E-state index contributed by atoms with van der Waals surface area (Å²) in [7, 11) is -3.72. The van der Waals surface area contributed by atoms with Gasteiger partial charge in [-0.1, -0.05) is 23.2 Å². The summed E-state index contributed by atoms with van der Waals surface area (Å²) in [6.07, 6.45) is -0.0868. The zero-order valence-corrected chi connectivity index (χ0v) is 16.0. The minimum absolute atomic E-state index is 0.0633. The zero-order chi connectivity index (χ0) is 19.1. The Labute approximate surface area is 160 Å². The number of aryl methyl sites for hydroxylation is 1. The molecule has 1 aliphatic heterocycles. The third-order valence-electron chi connectivity index (χ3n) is 3.94. The molecule has 9 heteroatoms. The zero-order valence-electron chi connectivity index (χ0n) is 13.6. The Morgan fingerprint density at radius 2 is 1.88 bits per heavy atom. The maximum Gasteiger partial charge on any atom is 0.257 e. The van der Waals surface area contributed by atoms with Crippen LogP contribution in [0.4, 0.5) is 11.4 Å². The predicted octanol–water partition coefficient (Wildman–Crippen LogP) is 3.62. The van der Waals surface area contributed by atoms with Crippen LogP contribution in [0.2, 0.25) is 10.0 Å². The van der Waals surface area contributed by atoms with Gasteiger partial charge in [-0.25, -0.2) is 12.7 Å². The topological polar surface area (TPSA) is 83.6 Å². The highest BCUT2D eigenvalue weighted by Crippen LogP contribution is 2.30. The number of anilines is 2. The van der Waals surface area contributed by atoms with Crippen molar-refractivity contribution in [2.24, 2.45) is 0 Å². The molecule has 0 saturated carbocycles. The molecule has 1 aliphatic rings. The number of hydrogen-bond acceptors (Lipinski definition) is 4. The lowest BCUT2D eigenvalue weighted by Gasteiger charge is -2.17. The Morgan fingerprint density at radius 3 is 2.50 bits per heavy atom. The van der Waals surface area contributed by atoms with E-state index in [1.54, 1.807) is 25.1 Å². The Balaban J connectivity index is 1.95. The first kappa shape index (κ1) is 18.7. The first-order valence-corrected chi connectivity index (χ1v) is 9.98. The van der Waals surface area contributed by atoms with Crippen LogP contribution >= 0.6 is 23.2 Å². The van der Waals surface area contributed by atoms with Gasteiger partial charge in [-0.15, -0.1) is 0 Å². The third-order valence-corrected chi connectivity index (χ3v) is 6.20. The van der Waals surface area contributed by atoms with E-state index in [2.05, 4.69) is 5.32 Å². The fourth-order valence-electron chi connectivity index (χ4n) is 2.64. The summed E-state index contributed by atoms with van der Waals surface area (Å²) >= 11 is 12.0. The first-order chi connectivity index (χ1) is 12.2. The van der Waals surface area contributed by atoms with Crippen LogP contribution in [0.3, 0.4) is 0 Å². The van der Waals surface area contributed by atoms with Gasteiger partial charge in [0.2, 0.25) is 15.9 Å². The highest BCUT2D eigenvalue weighted by atomic mass is 35.5. The maximum atomic E-state index is 12.6. The number of nitrogens with one attached hydrogen (secondary N) is 1. The maximum absolute atomic E-state index is 12.6. The number of nitrogens with zero attached hydrogens (tertiary/aromatic N) is 1. The summed E-state index contributed by atoms with van der Waals surface area (Å²) in [5, 5.41) is 3.39. The van der Waals surface area contributed by atoms with Gasteiger partial charge < -0.3 is 5.32 Å². The molecule has 0 unspecified atom stereocenters. The Kier molecular flexibility index (Phi) is 4.96. The number of hydrogen-bond donors (Lipinski definition) is 1. The predicted molar refractivity (Wildman–Crippen MR) is 101 cm³/mol. The number of halogens is 2. The quantitative estimate of drug-likeness (QED) is 0.833. The molecule has 2 amide bonds. The molecular formula is C17H14Cl2N2O4S. The molecule has 6 nitrogen and oxygen atoms in total. The molecule has 0 aliphatic carbocycles. The van der Waals surface area contributed by atoms with Crippen molar-refractivity contribution in [2.45, 2.75) is 13.3 Å². The molecule has 0 spiro atoms. The van der Waals surface area contributed by atoms with Gasteiger partial charge in [-0.05, 0) is 48.9 Å². The van der Waals surface area contributed by atoms with E-state index >= 15 is 0 Å². The van der Waals surface area contributed by atoms with Crippen molar-refractivity contribution >= 4 is 56.4 Å². The second-order valence-electron chi connectivity index (χ2n) is 5.80. The normalized spacial score (nSPS) is 16.0. The first-order valence-electron chi connectivity index (χ1n) is 7.62. The summed E-state index contributed by atoms with van der Waals surface area (Å²) in [4.78, 5) is 24.5. The van der Waals surface area contributed by atoms with Crippen LogP contribution in [0.1, 0.15) is 22.3 Å². The number of carbonyl (C=O) groups excluding carboxylic acids is 2. The second-order valence-corrected chi connectivity index (χ2v) is 8.58. The minimum Gasteiger partial charge on any atom is -0.322 e. The number of sulfonamides is 1. The number of rotatable bonds is 3. The summed E-state index contributed by atoms with van der Waals surface area (Å²) in [6.45, 7) is 1.79. The Hall–Kier alpha value is -2.09. The van der Waals surface area contributed by atoms with Crippen LogP contribution in [0.25, 0.3) is 0 Å². The average molecular weight is 413 g/mol. The van der Waals surface area contributed by atoms with E-state index in [1.807, 2.05) is 0 Å². The van der Waals surface area contributed by atoms with Gasteiger partial charge in [0.05, 0.1) is 22.0 Å². The van der Waals surface area contributed by atoms with Crippen molar-refractivity contribution in [1.82, 2.24) is 0 Å². The van der Waals surface area contributed by atoms with Crippen LogP contribution in [-0.2, 0) is 14.8 Å². The van der Waals surface area contributed by atoms with Gasteiger partial charge in [0.25, 0.3) is 5.91 Å². The van der Waals surface area contributed by atoms with Crippen molar-refractivity contribution < 1.29 is 18.0 Å². The SMILES string of the molecule is Cc1cc(Cl)ccc1NC(=O)c1cc(N2C(=O)CCS2(=O)=O)ccc1Cl. The van der Waals surface area contributed by atoms with Gasteiger partial charge >= 0.3 is 0 Å². The Bertz CT molecular complexity index is 1020. The molecule has 26 heavy (non-hydrogen) atoms. The molecule has 136 valence electrons. The highest BCUT2D eigenvalue weighted by Gasteiger charge is 2.36. The molecule has 2 aromatic carbocycles. The van der Waals surface area contributed by atoms with Crippen LogP contribution in [0.5, 0.6) is 0 Å². The smallest absolute Gasteiger partial charge is 0.257 e. The Morgan fingerprint density at radius 1 is 1.15 bits per heavy atom. The molecular weight excluding hydrogens is 399 g/mol. The summed E-state index contributed by atoms with van der Waals surface area (Å²) < 4.78 is 24.8. The van der Waals surface area contributed by atoms with Gasteiger partial charge in [0.1, 0.15) is 0 Å². The van der Waals surface area contributed by atoms with Crippen LogP contribution in [0, 0.1) is 6.92 Å². The molecule has 0 bridgehead atoms. The minimum atomic E-state index is -3.72. The molecule has 1 N–H and O–H groups in total. The fourth-order valence-corrected chi connectivity index (χ4v) is 4.52. The third kappa shape index (κ3) is 3.56. The monoisotopic (exact) mass is 412 g/mol. The largest absolute Gasteiger partial charge is 0.322 e. The van der Waals surface area contributed by atoms with Crippen LogP contribution in [0.15, 0.2) is 36.4 Å². The molecule has 1 saturated heterocycles. The van der Waals surface area contributed by atoms with Gasteiger partial charge in [0.15, 0.2) is 0 Å². The number of amides is 2. The van der Waals surface area contributed by atoms with E-state index < -0.39 is 21.8 Å². The van der Waals surface area contributed by atoms with E-state index in [4.69, 9.17) is 23.2 Å². The summed E-state index contributed by atoms with van der Waals surface area (Å²) in [5.74, 6) is -1.31. The van der Waals surface area contributed by atoms with Crippen molar-refractivity contribution in [3.05, 3.63) is 57.6 Å². The standard InChI is InChI=1S/C17H14Cl2N2O4S/c1-10-8-11(18)2-5-15(10)20-17(23)13-9-12(3-4-14(13)19)21-16(22)6-7-26(21,24)25/h2-5,8-9H,6-7H2,1H3,(H,20,23). The molecule has 0 aromatic heterocycles. The van der Waals surface area contributed by atoms with E-state index in [0.717, 1.165) is 5.56 Å². The molecule has 3 rings (SSSR count). The second kappa shape index (κ2) is 6.90. The van der Waals surface area contributed by atoms with Crippen molar-refractivity contribution in [1.29, 1.82) is 0 Å². The van der Waals surface area contributed by atoms with Crippen molar-refractivity contribution in [2.75, 3.05) is 15.4 Å². The lowest BCUT2D eigenvalue weighted by Crippen LogP contribution is -2.29. The summed E-state index contributed by atoms with van der Waals surface area (Å²) in [6, 6.07) is 9.07. The van der Waals surface area contributed by atoms with Crippen molar-refractivity contribution in [3.63, 3.8) is 0 Å². The van der Waals surface area contributed by atoms with E-state index in [0.29, 0.717) is 15.0 Å². The van der Waals surface area contributed by atoms with Gasteiger partial charge in [-0.3, -0.25) is 9.59 Å². The molecule has 1 fully saturated rings. The van der Waals surface area contributed by atoms with Crippen molar-refractivity contribution in [3.8, 4) is 0 Å². The molecule has 2 aromatic rings.